The molecule has 0 spiro atoms. The molecule has 1 aromatic rings. The second-order valence-corrected chi connectivity index (χ2v) is 8.74. The van der Waals surface area contributed by atoms with E-state index in [9.17, 15) is 4.79 Å². The molecule has 1 amide bonds. The number of amides is 1. The lowest BCUT2D eigenvalue weighted by molar-refractivity contribution is 0.0758. The molecule has 3 fully saturated rings. The first-order valence-corrected chi connectivity index (χ1v) is 9.76. The number of likely N-dealkylation sites (tertiary alicyclic amines) is 1. The Morgan fingerprint density at radius 3 is 3.00 bits per heavy atom. The summed E-state index contributed by atoms with van der Waals surface area (Å²) in [6.45, 7) is 4.54. The number of hydrogen-bond acceptors (Lipinski definition) is 3. The van der Waals surface area contributed by atoms with E-state index in [-0.39, 0.29) is 0 Å². The third kappa shape index (κ3) is 2.00. The number of carbonyl (C=O) groups is 1. The molecule has 3 atom stereocenters. The van der Waals surface area contributed by atoms with Crippen molar-refractivity contribution in [2.75, 3.05) is 26.2 Å². The van der Waals surface area contributed by atoms with Gasteiger partial charge >= 0.3 is 0 Å². The molecular weight excluding hydrogens is 292 g/mol. The van der Waals surface area contributed by atoms with Gasteiger partial charge in [-0.05, 0) is 62.1 Å². The first kappa shape index (κ1) is 13.6. The second kappa shape index (κ2) is 5.07. The van der Waals surface area contributed by atoms with Crippen molar-refractivity contribution in [2.45, 2.75) is 44.6 Å². The Balaban J connectivity index is 1.32. The van der Waals surface area contributed by atoms with Crippen LogP contribution in [0.5, 0.6) is 0 Å². The molecule has 118 valence electrons. The van der Waals surface area contributed by atoms with E-state index in [0.717, 1.165) is 35.8 Å². The summed E-state index contributed by atoms with van der Waals surface area (Å²) in [5.74, 6) is 1.80. The highest BCUT2D eigenvalue weighted by molar-refractivity contribution is 7.14. The number of piperidine rings is 1. The topological polar surface area (TPSA) is 23.6 Å². The fraction of sp³-hybridized carbons (Fsp3) is 0.722. The fourth-order valence-corrected chi connectivity index (χ4v) is 6.53. The van der Waals surface area contributed by atoms with Crippen LogP contribution in [-0.2, 0) is 12.8 Å². The smallest absolute Gasteiger partial charge is 0.263 e. The zero-order valence-corrected chi connectivity index (χ0v) is 13.9. The van der Waals surface area contributed by atoms with E-state index in [1.165, 1.54) is 62.1 Å². The average Bonchev–Trinajstić information content (AvgIpc) is 3.24. The van der Waals surface area contributed by atoms with Crippen molar-refractivity contribution in [1.29, 1.82) is 0 Å². The van der Waals surface area contributed by atoms with Crippen LogP contribution < -0.4 is 0 Å². The highest BCUT2D eigenvalue weighted by Crippen LogP contribution is 2.41. The van der Waals surface area contributed by atoms with E-state index in [0.29, 0.717) is 5.91 Å². The van der Waals surface area contributed by atoms with Gasteiger partial charge in [-0.2, -0.15) is 0 Å². The third-order valence-electron chi connectivity index (χ3n) is 6.36. The zero-order chi connectivity index (χ0) is 14.7. The Kier molecular flexibility index (Phi) is 3.12. The van der Waals surface area contributed by atoms with Gasteiger partial charge in [-0.25, -0.2) is 0 Å². The molecule has 3 saturated heterocycles. The lowest BCUT2D eigenvalue weighted by Gasteiger charge is -2.33. The van der Waals surface area contributed by atoms with Gasteiger partial charge in [0, 0.05) is 30.6 Å². The molecule has 1 aliphatic carbocycles. The maximum Gasteiger partial charge on any atom is 0.263 e. The predicted molar refractivity (Wildman–Crippen MR) is 88.4 cm³/mol. The number of fused-ring (bicyclic) bond motifs is 4. The Bertz CT molecular complexity index is 589. The molecule has 0 saturated carbocycles. The largest absolute Gasteiger partial charge is 0.337 e. The number of thiophene rings is 1. The molecule has 5 rings (SSSR count). The van der Waals surface area contributed by atoms with Crippen LogP contribution in [0.4, 0.5) is 0 Å². The van der Waals surface area contributed by atoms with Gasteiger partial charge in [0.25, 0.3) is 5.91 Å². The third-order valence-corrected chi connectivity index (χ3v) is 7.59. The zero-order valence-electron chi connectivity index (χ0n) is 13.1. The maximum atomic E-state index is 12.9. The van der Waals surface area contributed by atoms with Gasteiger partial charge in [0.15, 0.2) is 0 Å². The maximum absolute atomic E-state index is 12.9. The molecule has 0 radical (unpaired) electrons. The molecule has 0 aromatic carbocycles. The Hall–Kier alpha value is -0.870. The molecule has 4 aliphatic rings. The minimum absolute atomic E-state index is 0.316. The van der Waals surface area contributed by atoms with Crippen molar-refractivity contribution >= 4 is 17.2 Å². The van der Waals surface area contributed by atoms with Crippen LogP contribution in [0.15, 0.2) is 6.07 Å². The summed E-state index contributed by atoms with van der Waals surface area (Å²) in [5.41, 5.74) is 1.45. The lowest BCUT2D eigenvalue weighted by Crippen LogP contribution is -2.40. The van der Waals surface area contributed by atoms with E-state index in [1.54, 1.807) is 11.3 Å². The van der Waals surface area contributed by atoms with Crippen molar-refractivity contribution in [1.82, 2.24) is 9.80 Å². The van der Waals surface area contributed by atoms with E-state index in [1.807, 2.05) is 0 Å². The summed E-state index contributed by atoms with van der Waals surface area (Å²) in [6, 6.07) is 2.96. The monoisotopic (exact) mass is 316 g/mol. The lowest BCUT2D eigenvalue weighted by atomic mass is 9.90. The molecule has 0 N–H and O–H groups in total. The first-order valence-electron chi connectivity index (χ1n) is 8.94. The van der Waals surface area contributed by atoms with Crippen LogP contribution in [0.3, 0.4) is 0 Å². The van der Waals surface area contributed by atoms with Crippen LogP contribution in [-0.4, -0.2) is 47.9 Å². The minimum Gasteiger partial charge on any atom is -0.337 e. The van der Waals surface area contributed by atoms with E-state index in [4.69, 9.17) is 0 Å². The quantitative estimate of drug-likeness (QED) is 0.795. The van der Waals surface area contributed by atoms with Crippen molar-refractivity contribution < 1.29 is 4.79 Å². The van der Waals surface area contributed by atoms with Gasteiger partial charge in [0.1, 0.15) is 0 Å². The van der Waals surface area contributed by atoms with E-state index < -0.39 is 0 Å². The molecule has 4 heterocycles. The van der Waals surface area contributed by atoms with Crippen molar-refractivity contribution in [2.24, 2.45) is 11.8 Å². The SMILES string of the molecule is O=C(c1cc2c(s1)CCC2)N1C[C@@H]2CN3CCCC[C@H]3[C@@H]2C1. The predicted octanol–water partition coefficient (Wildman–Crippen LogP) is 2.79. The normalized spacial score (nSPS) is 33.8. The van der Waals surface area contributed by atoms with Crippen molar-refractivity contribution in [3.05, 3.63) is 21.4 Å². The molecule has 4 heteroatoms. The number of carbonyl (C=O) groups excluding carboxylic acids is 1. The fourth-order valence-electron chi connectivity index (χ4n) is 5.31. The van der Waals surface area contributed by atoms with Crippen molar-refractivity contribution in [3.63, 3.8) is 0 Å². The summed E-state index contributed by atoms with van der Waals surface area (Å²) in [7, 11) is 0. The number of aryl methyl sites for hydroxylation is 2. The van der Waals surface area contributed by atoms with Gasteiger partial charge in [0.2, 0.25) is 0 Å². The van der Waals surface area contributed by atoms with Crippen LogP contribution in [0.25, 0.3) is 0 Å². The highest BCUT2D eigenvalue weighted by atomic mass is 32.1. The number of rotatable bonds is 1. The summed E-state index contributed by atoms with van der Waals surface area (Å²) >= 11 is 1.77. The Morgan fingerprint density at radius 2 is 2.09 bits per heavy atom. The van der Waals surface area contributed by atoms with Crippen LogP contribution in [0, 0.1) is 11.8 Å². The van der Waals surface area contributed by atoms with Gasteiger partial charge in [-0.15, -0.1) is 11.3 Å². The van der Waals surface area contributed by atoms with Crippen molar-refractivity contribution in [3.8, 4) is 0 Å². The van der Waals surface area contributed by atoms with Crippen LogP contribution >= 0.6 is 11.3 Å². The van der Waals surface area contributed by atoms with Gasteiger partial charge in [-0.3, -0.25) is 9.69 Å². The van der Waals surface area contributed by atoms with Gasteiger partial charge in [0.05, 0.1) is 4.88 Å². The summed E-state index contributed by atoms with van der Waals surface area (Å²) in [6.07, 6.45) is 7.77. The van der Waals surface area contributed by atoms with Gasteiger partial charge < -0.3 is 4.90 Å². The Morgan fingerprint density at radius 1 is 1.14 bits per heavy atom. The average molecular weight is 316 g/mol. The Labute approximate surface area is 136 Å². The van der Waals surface area contributed by atoms with Crippen LogP contribution in [0.2, 0.25) is 0 Å². The number of hydrogen-bond donors (Lipinski definition) is 0. The highest BCUT2D eigenvalue weighted by Gasteiger charge is 2.48. The molecule has 1 aromatic heterocycles. The van der Waals surface area contributed by atoms with E-state index in [2.05, 4.69) is 15.9 Å². The minimum atomic E-state index is 0.316. The molecule has 3 nitrogen and oxygen atoms in total. The van der Waals surface area contributed by atoms with E-state index >= 15 is 0 Å². The number of nitrogens with zero attached hydrogens (tertiary/aromatic N) is 2. The first-order chi connectivity index (χ1) is 10.8. The standard InChI is InChI=1S/C18H24N2OS/c21-18(17-8-12-4-3-6-16(12)22-17)20-10-13-9-19-7-2-1-5-15(19)14(13)11-20/h8,13-15H,1-7,9-11H2/t13-,14+,15-/m0/s1. The molecule has 3 aliphatic heterocycles. The summed E-state index contributed by atoms with van der Waals surface area (Å²) < 4.78 is 0. The van der Waals surface area contributed by atoms with Gasteiger partial charge in [-0.1, -0.05) is 6.42 Å². The molecular formula is C18H24N2OS. The summed E-state index contributed by atoms with van der Waals surface area (Å²) in [4.78, 5) is 20.2. The molecule has 0 bridgehead atoms. The second-order valence-electron chi connectivity index (χ2n) is 7.60. The molecule has 22 heavy (non-hydrogen) atoms. The molecule has 0 unspecified atom stereocenters. The summed E-state index contributed by atoms with van der Waals surface area (Å²) in [5, 5.41) is 0. The van der Waals surface area contributed by atoms with Crippen LogP contribution in [0.1, 0.15) is 45.8 Å².